The van der Waals surface area contributed by atoms with Crippen LogP contribution in [0.1, 0.15) is 25.7 Å². The van der Waals surface area contributed by atoms with Crippen molar-refractivity contribution < 1.29 is 0 Å². The van der Waals surface area contributed by atoms with Crippen LogP contribution in [0, 0.1) is 0 Å². The third kappa shape index (κ3) is 3.55. The van der Waals surface area contributed by atoms with E-state index in [1.54, 1.807) is 0 Å². The molecule has 0 amide bonds. The molecule has 0 unspecified atom stereocenters. The molecule has 0 spiro atoms. The molecule has 2 aliphatic rings. The van der Waals surface area contributed by atoms with Crippen molar-refractivity contribution in [3.8, 4) is 0 Å². The lowest BCUT2D eigenvalue weighted by atomic mass is 9.97. The summed E-state index contributed by atoms with van der Waals surface area (Å²) < 4.78 is 0. The highest BCUT2D eigenvalue weighted by Crippen LogP contribution is 2.26. The first-order valence-corrected chi connectivity index (χ1v) is 8.64. The van der Waals surface area contributed by atoms with Gasteiger partial charge in [0.15, 0.2) is 0 Å². The predicted molar refractivity (Wildman–Crippen MR) is 94.4 cm³/mol. The Labute approximate surface area is 134 Å². The van der Waals surface area contributed by atoms with Crippen LogP contribution in [-0.2, 0) is 0 Å². The fourth-order valence-corrected chi connectivity index (χ4v) is 3.95. The van der Waals surface area contributed by atoms with Crippen molar-refractivity contribution in [2.45, 2.75) is 37.8 Å². The smallest absolute Gasteiger partial charge is 0.0386 e. The summed E-state index contributed by atoms with van der Waals surface area (Å²) in [6, 6.07) is 9.81. The molecule has 1 aromatic rings. The zero-order chi connectivity index (χ0) is 15.5. The molecule has 4 nitrogen and oxygen atoms in total. The van der Waals surface area contributed by atoms with Gasteiger partial charge >= 0.3 is 0 Å². The van der Waals surface area contributed by atoms with Crippen LogP contribution in [0.5, 0.6) is 0 Å². The molecule has 1 aromatic carbocycles. The summed E-state index contributed by atoms with van der Waals surface area (Å²) in [5.74, 6) is 0. The molecule has 0 radical (unpaired) electrons. The Kier molecular flexibility index (Phi) is 4.89. The number of nitrogens with zero attached hydrogens (tertiary/aromatic N) is 3. The first kappa shape index (κ1) is 15.6. The number of anilines is 2. The average Bonchev–Trinajstić information content (AvgIpc) is 2.55. The Hall–Kier alpha value is -1.26. The van der Waals surface area contributed by atoms with Crippen LogP contribution in [0.25, 0.3) is 0 Å². The van der Waals surface area contributed by atoms with Gasteiger partial charge in [-0.2, -0.15) is 0 Å². The van der Waals surface area contributed by atoms with Crippen molar-refractivity contribution in [2.24, 2.45) is 0 Å². The Balaban J connectivity index is 1.53. The summed E-state index contributed by atoms with van der Waals surface area (Å²) in [5, 5.41) is 0. The van der Waals surface area contributed by atoms with Crippen molar-refractivity contribution in [1.82, 2.24) is 9.80 Å². The molecule has 0 aliphatic carbocycles. The second kappa shape index (κ2) is 6.88. The first-order valence-electron chi connectivity index (χ1n) is 8.64. The van der Waals surface area contributed by atoms with Gasteiger partial charge in [0.05, 0.1) is 0 Å². The molecular formula is C18H30N4. The van der Waals surface area contributed by atoms with E-state index in [0.29, 0.717) is 0 Å². The van der Waals surface area contributed by atoms with Crippen LogP contribution in [0.15, 0.2) is 24.3 Å². The summed E-state index contributed by atoms with van der Waals surface area (Å²) in [6.07, 6.45) is 5.17. The van der Waals surface area contributed by atoms with Gasteiger partial charge < -0.3 is 20.4 Å². The number of likely N-dealkylation sites (tertiary alicyclic amines) is 1. The molecule has 4 heteroatoms. The van der Waals surface area contributed by atoms with Crippen LogP contribution in [-0.4, -0.2) is 62.2 Å². The van der Waals surface area contributed by atoms with Gasteiger partial charge in [-0.1, -0.05) is 6.07 Å². The molecule has 2 aliphatic heterocycles. The standard InChI is InChI=1S/C18H30N4/c1-20-10-6-16(7-11-20)21(2)17-8-12-22(13-9-17)18-5-3-4-15(19)14-18/h3-5,14,16-17H,6-13,19H2,1-2H3. The number of hydrogen-bond donors (Lipinski definition) is 1. The van der Waals surface area contributed by atoms with E-state index in [0.717, 1.165) is 30.9 Å². The van der Waals surface area contributed by atoms with Crippen molar-refractivity contribution in [2.75, 3.05) is 50.9 Å². The lowest BCUT2D eigenvalue weighted by Crippen LogP contribution is -2.50. The maximum atomic E-state index is 5.91. The number of nitrogens with two attached hydrogens (primary N) is 1. The topological polar surface area (TPSA) is 35.7 Å². The van der Waals surface area contributed by atoms with Gasteiger partial charge in [-0.25, -0.2) is 0 Å². The molecule has 122 valence electrons. The molecule has 0 aromatic heterocycles. The second-order valence-corrected chi connectivity index (χ2v) is 7.01. The highest BCUT2D eigenvalue weighted by Gasteiger charge is 2.28. The quantitative estimate of drug-likeness (QED) is 0.869. The Bertz CT molecular complexity index is 474. The highest BCUT2D eigenvalue weighted by atomic mass is 15.2. The van der Waals surface area contributed by atoms with Crippen molar-refractivity contribution in [3.05, 3.63) is 24.3 Å². The van der Waals surface area contributed by atoms with Gasteiger partial charge in [-0.15, -0.1) is 0 Å². The van der Waals surface area contributed by atoms with Crippen molar-refractivity contribution in [1.29, 1.82) is 0 Å². The van der Waals surface area contributed by atoms with Crippen LogP contribution in [0.2, 0.25) is 0 Å². The second-order valence-electron chi connectivity index (χ2n) is 7.01. The fourth-order valence-electron chi connectivity index (χ4n) is 3.95. The minimum Gasteiger partial charge on any atom is -0.399 e. The number of rotatable bonds is 3. The molecule has 3 rings (SSSR count). The molecular weight excluding hydrogens is 272 g/mol. The first-order chi connectivity index (χ1) is 10.6. The van der Waals surface area contributed by atoms with E-state index in [9.17, 15) is 0 Å². The maximum Gasteiger partial charge on any atom is 0.0386 e. The van der Waals surface area contributed by atoms with Gasteiger partial charge in [0.2, 0.25) is 0 Å². The third-order valence-electron chi connectivity index (χ3n) is 5.54. The lowest BCUT2D eigenvalue weighted by molar-refractivity contribution is 0.0947. The minimum atomic E-state index is 0.741. The van der Waals surface area contributed by atoms with E-state index < -0.39 is 0 Å². The van der Waals surface area contributed by atoms with E-state index in [4.69, 9.17) is 5.73 Å². The van der Waals surface area contributed by atoms with Crippen LogP contribution < -0.4 is 10.6 Å². The van der Waals surface area contributed by atoms with Gasteiger partial charge in [-0.3, -0.25) is 0 Å². The summed E-state index contributed by atoms with van der Waals surface area (Å²) >= 11 is 0. The van der Waals surface area contributed by atoms with Gasteiger partial charge in [0.25, 0.3) is 0 Å². The molecule has 2 saturated heterocycles. The molecule has 2 heterocycles. The van der Waals surface area contributed by atoms with Crippen LogP contribution in [0.3, 0.4) is 0 Å². The minimum absolute atomic E-state index is 0.741. The van der Waals surface area contributed by atoms with Gasteiger partial charge in [0.1, 0.15) is 0 Å². The predicted octanol–water partition coefficient (Wildman–Crippen LogP) is 2.26. The van der Waals surface area contributed by atoms with Crippen molar-refractivity contribution >= 4 is 11.4 Å². The monoisotopic (exact) mass is 302 g/mol. The zero-order valence-electron chi connectivity index (χ0n) is 14.0. The average molecular weight is 302 g/mol. The summed E-state index contributed by atoms with van der Waals surface area (Å²) in [7, 11) is 4.58. The molecule has 2 fully saturated rings. The largest absolute Gasteiger partial charge is 0.399 e. The van der Waals surface area contributed by atoms with E-state index in [1.165, 1.54) is 44.5 Å². The number of benzene rings is 1. The van der Waals surface area contributed by atoms with Crippen molar-refractivity contribution in [3.63, 3.8) is 0 Å². The summed E-state index contributed by atoms with van der Waals surface area (Å²) in [5.41, 5.74) is 8.05. The molecule has 0 saturated carbocycles. The maximum absolute atomic E-state index is 5.91. The highest BCUT2D eigenvalue weighted by molar-refractivity contribution is 5.56. The van der Waals surface area contributed by atoms with Gasteiger partial charge in [0, 0.05) is 36.5 Å². The number of hydrogen-bond acceptors (Lipinski definition) is 4. The van der Waals surface area contributed by atoms with E-state index >= 15 is 0 Å². The van der Waals surface area contributed by atoms with Gasteiger partial charge in [-0.05, 0) is 71.1 Å². The summed E-state index contributed by atoms with van der Waals surface area (Å²) in [4.78, 5) is 7.60. The molecule has 0 atom stereocenters. The molecule has 0 bridgehead atoms. The third-order valence-corrected chi connectivity index (χ3v) is 5.54. The Morgan fingerprint density at radius 3 is 2.18 bits per heavy atom. The molecule has 2 N–H and O–H groups in total. The van der Waals surface area contributed by atoms with E-state index in [1.807, 2.05) is 6.07 Å². The van der Waals surface area contributed by atoms with E-state index in [-0.39, 0.29) is 0 Å². The number of nitrogen functional groups attached to an aromatic ring is 1. The SMILES string of the molecule is CN1CCC(N(C)C2CCN(c3cccc(N)c3)CC2)CC1. The van der Waals surface area contributed by atoms with Crippen LogP contribution in [0.4, 0.5) is 11.4 Å². The molecule has 22 heavy (non-hydrogen) atoms. The fraction of sp³-hybridized carbons (Fsp3) is 0.667. The normalized spacial score (nSPS) is 22.4. The summed E-state index contributed by atoms with van der Waals surface area (Å²) in [6.45, 7) is 4.78. The Morgan fingerprint density at radius 1 is 1.00 bits per heavy atom. The Morgan fingerprint density at radius 2 is 1.59 bits per heavy atom. The van der Waals surface area contributed by atoms with Crippen LogP contribution >= 0.6 is 0 Å². The number of piperidine rings is 2. The zero-order valence-corrected chi connectivity index (χ0v) is 14.0. The van der Waals surface area contributed by atoms with E-state index in [2.05, 4.69) is 47.0 Å². The lowest BCUT2D eigenvalue weighted by Gasteiger charge is -2.43.